The number of β-amino-alcohol motifs (C(OH)–C–C–N with tert-alkyl or cyclic N) is 1. The van der Waals surface area contributed by atoms with Crippen molar-refractivity contribution in [2.24, 2.45) is 4.99 Å². The minimum Gasteiger partial charge on any atom is -0.444 e. The van der Waals surface area contributed by atoms with Gasteiger partial charge in [-0.1, -0.05) is 24.3 Å². The highest BCUT2D eigenvalue weighted by Crippen LogP contribution is 2.36. The first-order valence-electron chi connectivity index (χ1n) is 11.7. The van der Waals surface area contributed by atoms with Gasteiger partial charge in [0.25, 0.3) is 0 Å². The van der Waals surface area contributed by atoms with Gasteiger partial charge in [-0.15, -0.1) is 0 Å². The van der Waals surface area contributed by atoms with Crippen LogP contribution in [-0.2, 0) is 14.0 Å². The Bertz CT molecular complexity index is 909. The van der Waals surface area contributed by atoms with Gasteiger partial charge in [0.2, 0.25) is 0 Å². The van der Waals surface area contributed by atoms with Crippen molar-refractivity contribution in [3.63, 3.8) is 0 Å². The Kier molecular flexibility index (Phi) is 6.04. The fraction of sp³-hybridized carbons (Fsp3) is 0.667. The highest BCUT2D eigenvalue weighted by atomic mass is 16.7. The summed E-state index contributed by atoms with van der Waals surface area (Å²) in [4.78, 5) is 18.9. The maximum absolute atomic E-state index is 12.7. The second-order valence-corrected chi connectivity index (χ2v) is 11.2. The summed E-state index contributed by atoms with van der Waals surface area (Å²) in [7, 11) is -0.394. The fourth-order valence-electron chi connectivity index (χ4n) is 4.31. The SMILES string of the molecule is CC(C)(C)OC(=O)N1C[C@H](O)C[C@H]1C1=NCC(c2ccc(B3OC(C)(C)C(C)(C)O3)cc2)N1. The van der Waals surface area contributed by atoms with Gasteiger partial charge in [-0.2, -0.15) is 0 Å². The van der Waals surface area contributed by atoms with Gasteiger partial charge in [-0.05, 0) is 59.5 Å². The van der Waals surface area contributed by atoms with Crippen LogP contribution in [0.3, 0.4) is 0 Å². The summed E-state index contributed by atoms with van der Waals surface area (Å²) < 4.78 is 17.8. The Labute approximate surface area is 196 Å². The van der Waals surface area contributed by atoms with Gasteiger partial charge in [0.1, 0.15) is 11.4 Å². The lowest BCUT2D eigenvalue weighted by atomic mass is 9.78. The number of carbonyl (C=O) groups excluding carboxylic acids is 1. The summed E-state index contributed by atoms with van der Waals surface area (Å²) in [5.41, 5.74) is 0.722. The molecule has 3 atom stereocenters. The molecule has 1 unspecified atom stereocenters. The van der Waals surface area contributed by atoms with E-state index in [1.54, 1.807) is 4.90 Å². The highest BCUT2D eigenvalue weighted by molar-refractivity contribution is 6.62. The van der Waals surface area contributed by atoms with Crippen LogP contribution in [0.1, 0.15) is 66.5 Å². The second-order valence-electron chi connectivity index (χ2n) is 11.2. The molecule has 3 aliphatic heterocycles. The van der Waals surface area contributed by atoms with E-state index in [2.05, 4.69) is 22.4 Å². The third kappa shape index (κ3) is 4.90. The minimum atomic E-state index is -0.596. The van der Waals surface area contributed by atoms with E-state index in [-0.39, 0.29) is 29.8 Å². The summed E-state index contributed by atoms with van der Waals surface area (Å²) in [6, 6.07) is 7.87. The van der Waals surface area contributed by atoms with Gasteiger partial charge >= 0.3 is 13.2 Å². The van der Waals surface area contributed by atoms with Crippen LogP contribution in [0.25, 0.3) is 0 Å². The van der Waals surface area contributed by atoms with Crippen molar-refractivity contribution in [3.05, 3.63) is 29.8 Å². The Hall–Kier alpha value is -2.10. The number of likely N-dealkylation sites (tertiary alicyclic amines) is 1. The topological polar surface area (TPSA) is 92.6 Å². The van der Waals surface area contributed by atoms with E-state index in [0.717, 1.165) is 16.9 Å². The van der Waals surface area contributed by atoms with E-state index in [4.69, 9.17) is 14.0 Å². The minimum absolute atomic E-state index is 0.00516. The number of ether oxygens (including phenoxy) is 1. The molecule has 4 rings (SSSR count). The average Bonchev–Trinajstić information content (AvgIpc) is 3.37. The molecule has 0 saturated carbocycles. The molecule has 3 heterocycles. The smallest absolute Gasteiger partial charge is 0.444 e. The zero-order valence-corrected chi connectivity index (χ0v) is 20.7. The number of aliphatic hydroxyl groups is 1. The maximum atomic E-state index is 12.7. The number of amides is 1. The molecule has 9 heteroatoms. The van der Waals surface area contributed by atoms with E-state index in [9.17, 15) is 9.90 Å². The summed E-state index contributed by atoms with van der Waals surface area (Å²) >= 11 is 0. The van der Waals surface area contributed by atoms with Crippen LogP contribution < -0.4 is 10.8 Å². The number of aliphatic hydroxyl groups excluding tert-OH is 1. The molecule has 0 bridgehead atoms. The van der Waals surface area contributed by atoms with Crippen LogP contribution in [-0.4, -0.2) is 71.1 Å². The van der Waals surface area contributed by atoms with Crippen molar-refractivity contribution >= 4 is 24.5 Å². The molecule has 0 radical (unpaired) electrons. The van der Waals surface area contributed by atoms with Gasteiger partial charge in [0.05, 0.1) is 42.5 Å². The van der Waals surface area contributed by atoms with Crippen molar-refractivity contribution < 1.29 is 23.9 Å². The van der Waals surface area contributed by atoms with Crippen molar-refractivity contribution in [3.8, 4) is 0 Å². The van der Waals surface area contributed by atoms with Crippen LogP contribution in [0.5, 0.6) is 0 Å². The molecule has 33 heavy (non-hydrogen) atoms. The van der Waals surface area contributed by atoms with E-state index in [1.165, 1.54) is 0 Å². The summed E-state index contributed by atoms with van der Waals surface area (Å²) in [6.45, 7) is 14.5. The maximum Gasteiger partial charge on any atom is 0.494 e. The Morgan fingerprint density at radius 1 is 1.18 bits per heavy atom. The number of amidine groups is 1. The molecule has 0 aliphatic carbocycles. The Morgan fingerprint density at radius 3 is 2.36 bits per heavy atom. The Balaban J connectivity index is 1.41. The quantitative estimate of drug-likeness (QED) is 0.678. The summed E-state index contributed by atoms with van der Waals surface area (Å²) in [5.74, 6) is 0.720. The van der Waals surface area contributed by atoms with Gasteiger partial charge in [-0.25, -0.2) is 4.79 Å². The Morgan fingerprint density at radius 2 is 1.79 bits per heavy atom. The third-order valence-electron chi connectivity index (χ3n) is 6.85. The number of benzene rings is 1. The number of nitrogens with one attached hydrogen (secondary N) is 1. The van der Waals surface area contributed by atoms with Gasteiger partial charge in [-0.3, -0.25) is 9.89 Å². The first-order valence-corrected chi connectivity index (χ1v) is 11.7. The average molecular weight is 457 g/mol. The van der Waals surface area contributed by atoms with Gasteiger partial charge in [0, 0.05) is 6.42 Å². The zero-order chi connectivity index (χ0) is 24.2. The van der Waals surface area contributed by atoms with Crippen LogP contribution in [0.15, 0.2) is 29.3 Å². The van der Waals surface area contributed by atoms with Crippen LogP contribution in [0.4, 0.5) is 4.79 Å². The largest absolute Gasteiger partial charge is 0.494 e. The van der Waals surface area contributed by atoms with E-state index >= 15 is 0 Å². The number of hydrogen-bond donors (Lipinski definition) is 2. The van der Waals surface area contributed by atoms with Crippen LogP contribution in [0.2, 0.25) is 0 Å². The van der Waals surface area contributed by atoms with Crippen molar-refractivity contribution in [2.75, 3.05) is 13.1 Å². The van der Waals surface area contributed by atoms with Gasteiger partial charge < -0.3 is 24.5 Å². The number of hydrogen-bond acceptors (Lipinski definition) is 7. The first-order chi connectivity index (χ1) is 15.3. The number of carbonyl (C=O) groups is 1. The van der Waals surface area contributed by atoms with E-state index in [0.29, 0.717) is 13.0 Å². The predicted octanol–water partition coefficient (Wildman–Crippen LogP) is 2.40. The van der Waals surface area contributed by atoms with Crippen molar-refractivity contribution in [1.29, 1.82) is 0 Å². The molecule has 1 aromatic carbocycles. The molecule has 0 spiro atoms. The number of rotatable bonds is 3. The van der Waals surface area contributed by atoms with E-state index < -0.39 is 24.9 Å². The molecule has 1 aromatic rings. The molecule has 0 aromatic heterocycles. The van der Waals surface area contributed by atoms with Crippen LogP contribution in [0, 0.1) is 0 Å². The normalized spacial score (nSPS) is 28.6. The molecular weight excluding hydrogens is 421 g/mol. The highest BCUT2D eigenvalue weighted by Gasteiger charge is 2.51. The third-order valence-corrected chi connectivity index (χ3v) is 6.85. The summed E-state index contributed by atoms with van der Waals surface area (Å²) in [5, 5.41) is 13.7. The fourth-order valence-corrected chi connectivity index (χ4v) is 4.31. The van der Waals surface area contributed by atoms with Crippen molar-refractivity contribution in [2.45, 2.75) is 89.9 Å². The molecule has 180 valence electrons. The molecule has 8 nitrogen and oxygen atoms in total. The molecule has 1 amide bonds. The summed E-state index contributed by atoms with van der Waals surface area (Å²) in [6.07, 6.45) is -0.576. The number of nitrogens with zero attached hydrogens (tertiary/aromatic N) is 2. The monoisotopic (exact) mass is 457 g/mol. The molecule has 3 aliphatic rings. The molecular formula is C24H36BN3O5. The lowest BCUT2D eigenvalue weighted by molar-refractivity contribution is 0.00578. The first kappa shape index (κ1) is 24.0. The zero-order valence-electron chi connectivity index (χ0n) is 20.7. The lowest BCUT2D eigenvalue weighted by Crippen LogP contribution is -2.46. The molecule has 2 N–H and O–H groups in total. The standard InChI is InChI=1S/C24H36BN3O5/c1-22(2,3)31-21(30)28-14-17(29)12-19(28)20-26-13-18(27-20)15-8-10-16(11-9-15)25-32-23(4,5)24(6,7)33-25/h8-11,17-19,29H,12-14H2,1-7H3,(H,26,27)/t17-,18?,19+/m1/s1. The predicted molar refractivity (Wildman–Crippen MR) is 128 cm³/mol. The number of aliphatic imine (C=N–C) groups is 1. The lowest BCUT2D eigenvalue weighted by Gasteiger charge is -2.32. The second kappa shape index (κ2) is 8.29. The van der Waals surface area contributed by atoms with E-state index in [1.807, 2.05) is 60.6 Å². The van der Waals surface area contributed by atoms with Crippen LogP contribution >= 0.6 is 0 Å². The molecule has 2 saturated heterocycles. The van der Waals surface area contributed by atoms with Gasteiger partial charge in [0.15, 0.2) is 0 Å². The van der Waals surface area contributed by atoms with Crippen molar-refractivity contribution in [1.82, 2.24) is 10.2 Å². The molecule has 2 fully saturated rings.